The molecule has 0 aliphatic rings. The van der Waals surface area contributed by atoms with Crippen molar-refractivity contribution in [2.75, 3.05) is 17.2 Å². The minimum atomic E-state index is -0.532. The Morgan fingerprint density at radius 2 is 2.11 bits per heavy atom. The van der Waals surface area contributed by atoms with Crippen LogP contribution in [0.2, 0.25) is 0 Å². The summed E-state index contributed by atoms with van der Waals surface area (Å²) in [7, 11) is 0. The number of nitrogens with two attached hydrogens (primary N) is 1. The van der Waals surface area contributed by atoms with Crippen LogP contribution in [0.15, 0.2) is 18.3 Å². The number of aromatic nitrogens is 1. The Bertz CT molecular complexity index is 373. The molecule has 1 heterocycles. The van der Waals surface area contributed by atoms with E-state index >= 15 is 0 Å². The molecule has 0 spiro atoms. The topological polar surface area (TPSA) is 80.0 Å². The number of pyridine rings is 1. The molecule has 0 aliphatic heterocycles. The van der Waals surface area contributed by atoms with Crippen molar-refractivity contribution in [3.8, 4) is 0 Å². The lowest BCUT2D eigenvalue weighted by Crippen LogP contribution is -2.32. The fourth-order valence-corrected chi connectivity index (χ4v) is 1.32. The number of amides is 1. The van der Waals surface area contributed by atoms with Gasteiger partial charge in [0.15, 0.2) is 0 Å². The number of hydrogen-bond acceptors (Lipinski definition) is 4. The molecule has 0 saturated carbocycles. The molecule has 100 valence electrons. The minimum Gasteiger partial charge on any atom is -0.384 e. The van der Waals surface area contributed by atoms with Crippen LogP contribution in [0.3, 0.4) is 0 Å². The maximum absolute atomic E-state index is 11.4. The number of rotatable bonds is 6. The molecule has 0 fully saturated rings. The third-order valence-corrected chi connectivity index (χ3v) is 2.48. The third kappa shape index (κ3) is 5.14. The van der Waals surface area contributed by atoms with E-state index in [1.54, 1.807) is 19.2 Å². The Balaban J connectivity index is 2.45. The first-order valence-corrected chi connectivity index (χ1v) is 6.25. The maximum Gasteiger partial charge on any atom is 0.242 e. The van der Waals surface area contributed by atoms with Crippen LogP contribution < -0.4 is 16.4 Å². The monoisotopic (exact) mass is 250 g/mol. The van der Waals surface area contributed by atoms with Gasteiger partial charge in [0.2, 0.25) is 5.91 Å². The predicted octanol–water partition coefficient (Wildman–Crippen LogP) is 1.83. The Labute approximate surface area is 108 Å². The van der Waals surface area contributed by atoms with Crippen LogP contribution in [-0.4, -0.2) is 23.5 Å². The highest BCUT2D eigenvalue weighted by molar-refractivity contribution is 5.93. The second-order valence-corrected chi connectivity index (χ2v) is 4.82. The van der Waals surface area contributed by atoms with Crippen LogP contribution in [0, 0.1) is 5.92 Å². The molecule has 18 heavy (non-hydrogen) atoms. The summed E-state index contributed by atoms with van der Waals surface area (Å²) in [6, 6.07) is 3.12. The first-order valence-electron chi connectivity index (χ1n) is 6.25. The Kier molecular flexibility index (Phi) is 5.58. The van der Waals surface area contributed by atoms with Crippen LogP contribution in [-0.2, 0) is 4.79 Å². The highest BCUT2D eigenvalue weighted by atomic mass is 16.2. The average molecular weight is 250 g/mol. The van der Waals surface area contributed by atoms with Gasteiger partial charge < -0.3 is 16.4 Å². The molecule has 1 atom stereocenters. The molecule has 1 unspecified atom stereocenters. The Morgan fingerprint density at radius 1 is 1.39 bits per heavy atom. The molecule has 0 bridgehead atoms. The molecule has 5 nitrogen and oxygen atoms in total. The lowest BCUT2D eigenvalue weighted by Gasteiger charge is -2.10. The molecule has 0 aromatic carbocycles. The number of carbonyl (C=O) groups is 1. The molecular formula is C13H22N4O. The maximum atomic E-state index is 11.4. The highest BCUT2D eigenvalue weighted by Crippen LogP contribution is 2.10. The van der Waals surface area contributed by atoms with E-state index in [4.69, 9.17) is 5.73 Å². The highest BCUT2D eigenvalue weighted by Gasteiger charge is 2.07. The van der Waals surface area contributed by atoms with Crippen LogP contribution in [0.4, 0.5) is 11.5 Å². The summed E-state index contributed by atoms with van der Waals surface area (Å²) < 4.78 is 0. The van der Waals surface area contributed by atoms with E-state index in [1.165, 1.54) is 0 Å². The van der Waals surface area contributed by atoms with Crippen molar-refractivity contribution in [3.63, 3.8) is 0 Å². The van der Waals surface area contributed by atoms with E-state index in [9.17, 15) is 4.79 Å². The summed E-state index contributed by atoms with van der Waals surface area (Å²) in [5.41, 5.74) is 6.41. The number of hydrogen-bond donors (Lipinski definition) is 3. The van der Waals surface area contributed by atoms with Crippen LogP contribution >= 0.6 is 0 Å². The summed E-state index contributed by atoms with van der Waals surface area (Å²) in [5.74, 6) is 0.963. The van der Waals surface area contributed by atoms with Crippen molar-refractivity contribution in [1.29, 1.82) is 0 Å². The Hall–Kier alpha value is -1.62. The molecule has 1 aromatic heterocycles. The van der Waals surface area contributed by atoms with Crippen molar-refractivity contribution >= 4 is 17.4 Å². The van der Waals surface area contributed by atoms with Crippen molar-refractivity contribution in [1.82, 2.24) is 4.98 Å². The van der Waals surface area contributed by atoms with E-state index < -0.39 is 6.04 Å². The molecule has 1 amide bonds. The zero-order valence-corrected chi connectivity index (χ0v) is 11.2. The summed E-state index contributed by atoms with van der Waals surface area (Å²) >= 11 is 0. The smallest absolute Gasteiger partial charge is 0.242 e. The molecule has 0 radical (unpaired) electrons. The van der Waals surface area contributed by atoms with Gasteiger partial charge in [-0.3, -0.25) is 4.79 Å². The first kappa shape index (κ1) is 14.4. The van der Waals surface area contributed by atoms with Crippen LogP contribution in [0.5, 0.6) is 0 Å². The normalized spacial score (nSPS) is 12.3. The minimum absolute atomic E-state index is 0.233. The second-order valence-electron chi connectivity index (χ2n) is 4.82. The van der Waals surface area contributed by atoms with E-state index in [1.807, 2.05) is 6.07 Å². The van der Waals surface area contributed by atoms with Crippen molar-refractivity contribution in [2.45, 2.75) is 33.2 Å². The predicted molar refractivity (Wildman–Crippen MR) is 74.5 cm³/mol. The van der Waals surface area contributed by atoms with Gasteiger partial charge in [-0.2, -0.15) is 0 Å². The van der Waals surface area contributed by atoms with Gasteiger partial charge >= 0.3 is 0 Å². The van der Waals surface area contributed by atoms with Crippen molar-refractivity contribution in [3.05, 3.63) is 18.3 Å². The summed E-state index contributed by atoms with van der Waals surface area (Å²) in [5, 5.41) is 5.92. The average Bonchev–Trinajstić information content (AvgIpc) is 2.30. The fraction of sp³-hybridized carbons (Fsp3) is 0.538. The van der Waals surface area contributed by atoms with Crippen molar-refractivity contribution < 1.29 is 4.79 Å². The molecule has 1 rings (SSSR count). The zero-order chi connectivity index (χ0) is 13.5. The number of carbonyl (C=O) groups excluding carboxylic acids is 1. The van der Waals surface area contributed by atoms with E-state index in [0.717, 1.165) is 18.7 Å². The molecule has 0 saturated heterocycles. The van der Waals surface area contributed by atoms with Gasteiger partial charge in [-0.15, -0.1) is 0 Å². The van der Waals surface area contributed by atoms with E-state index in [-0.39, 0.29) is 5.91 Å². The number of nitrogens with zero attached hydrogens (tertiary/aromatic N) is 1. The molecule has 4 N–H and O–H groups in total. The van der Waals surface area contributed by atoms with Gasteiger partial charge in [-0.05, 0) is 31.4 Å². The SMILES string of the molecule is CC(C)CCNc1ccc(NC(=O)C(C)N)nc1. The summed E-state index contributed by atoms with van der Waals surface area (Å²) in [4.78, 5) is 15.5. The number of anilines is 2. The van der Waals surface area contributed by atoms with E-state index in [2.05, 4.69) is 29.5 Å². The van der Waals surface area contributed by atoms with Gasteiger partial charge in [0.05, 0.1) is 17.9 Å². The van der Waals surface area contributed by atoms with Gasteiger partial charge in [0.1, 0.15) is 5.82 Å². The zero-order valence-electron chi connectivity index (χ0n) is 11.2. The molecule has 1 aromatic rings. The molecule has 0 aliphatic carbocycles. The van der Waals surface area contributed by atoms with Gasteiger partial charge in [-0.1, -0.05) is 13.8 Å². The lowest BCUT2D eigenvalue weighted by atomic mass is 10.1. The van der Waals surface area contributed by atoms with Gasteiger partial charge in [0, 0.05) is 6.54 Å². The quantitative estimate of drug-likeness (QED) is 0.719. The first-order chi connectivity index (χ1) is 8.49. The third-order valence-electron chi connectivity index (χ3n) is 2.48. The van der Waals surface area contributed by atoms with Gasteiger partial charge in [0.25, 0.3) is 0 Å². The van der Waals surface area contributed by atoms with Crippen LogP contribution in [0.25, 0.3) is 0 Å². The Morgan fingerprint density at radius 3 is 2.61 bits per heavy atom. The van der Waals surface area contributed by atoms with E-state index in [0.29, 0.717) is 11.7 Å². The standard InChI is InChI=1S/C13H22N4O/c1-9(2)6-7-15-11-4-5-12(16-8-11)17-13(18)10(3)14/h4-5,8-10,15H,6-7,14H2,1-3H3,(H,16,17,18). The van der Waals surface area contributed by atoms with Gasteiger partial charge in [-0.25, -0.2) is 4.98 Å². The number of nitrogens with one attached hydrogen (secondary N) is 2. The second kappa shape index (κ2) is 6.96. The molecular weight excluding hydrogens is 228 g/mol. The summed E-state index contributed by atoms with van der Waals surface area (Å²) in [6.45, 7) is 6.93. The van der Waals surface area contributed by atoms with Crippen molar-refractivity contribution in [2.24, 2.45) is 11.7 Å². The molecule has 5 heteroatoms. The largest absolute Gasteiger partial charge is 0.384 e. The van der Waals surface area contributed by atoms with Crippen LogP contribution in [0.1, 0.15) is 27.2 Å². The summed E-state index contributed by atoms with van der Waals surface area (Å²) in [6.07, 6.45) is 2.82. The fourth-order valence-electron chi connectivity index (χ4n) is 1.32. The lowest BCUT2D eigenvalue weighted by molar-refractivity contribution is -0.117.